The van der Waals surface area contributed by atoms with Gasteiger partial charge in [-0.05, 0) is 67.1 Å². The van der Waals surface area contributed by atoms with Crippen LogP contribution in [0, 0.1) is 5.41 Å². The van der Waals surface area contributed by atoms with Gasteiger partial charge in [-0.1, -0.05) is 23.5 Å². The van der Waals surface area contributed by atoms with Crippen LogP contribution in [-0.2, 0) is 0 Å². The summed E-state index contributed by atoms with van der Waals surface area (Å²) in [6, 6.07) is 19.5. The Balaban J connectivity index is 1.51. The van der Waals surface area contributed by atoms with E-state index in [0.29, 0.717) is 11.6 Å². The predicted octanol–water partition coefficient (Wildman–Crippen LogP) is 6.28. The standard InChI is InChI=1S/C22H18N4OS/c1-15(12-13-23)18-5-4-14-24-21(18)27-17-10-8-16(9-11-17)25-22-26-19-6-2-3-7-20(19)28-22/h2-14,23H,1H3,(H,25,26). The van der Waals surface area contributed by atoms with Crippen molar-refractivity contribution >= 4 is 44.2 Å². The van der Waals surface area contributed by atoms with Gasteiger partial charge in [0.1, 0.15) is 5.75 Å². The van der Waals surface area contributed by atoms with Crippen molar-refractivity contribution in [1.82, 2.24) is 9.97 Å². The lowest BCUT2D eigenvalue weighted by Crippen LogP contribution is -1.94. The van der Waals surface area contributed by atoms with Crippen molar-refractivity contribution in [2.75, 3.05) is 5.32 Å². The quantitative estimate of drug-likeness (QED) is 0.383. The van der Waals surface area contributed by atoms with E-state index in [9.17, 15) is 0 Å². The summed E-state index contributed by atoms with van der Waals surface area (Å²) in [5.74, 6) is 1.21. The molecule has 0 amide bonds. The Bertz CT molecular complexity index is 1120. The largest absolute Gasteiger partial charge is 0.438 e. The molecule has 0 aliphatic rings. The van der Waals surface area contributed by atoms with Crippen LogP contribution in [0.3, 0.4) is 0 Å². The molecule has 0 spiro atoms. The van der Waals surface area contributed by atoms with E-state index in [-0.39, 0.29) is 0 Å². The number of benzene rings is 2. The Kier molecular flexibility index (Phi) is 5.12. The molecule has 2 heterocycles. The molecule has 0 aliphatic heterocycles. The third-order valence-corrected chi connectivity index (χ3v) is 5.10. The second-order valence-corrected chi connectivity index (χ2v) is 7.14. The zero-order valence-electron chi connectivity index (χ0n) is 15.2. The van der Waals surface area contributed by atoms with Crippen LogP contribution in [0.1, 0.15) is 12.5 Å². The van der Waals surface area contributed by atoms with Crippen LogP contribution < -0.4 is 10.1 Å². The summed E-state index contributed by atoms with van der Waals surface area (Å²) in [5.41, 5.74) is 3.72. The molecular weight excluding hydrogens is 368 g/mol. The summed E-state index contributed by atoms with van der Waals surface area (Å²) in [4.78, 5) is 8.92. The molecule has 0 fully saturated rings. The fourth-order valence-electron chi connectivity index (χ4n) is 2.75. The second-order valence-electron chi connectivity index (χ2n) is 6.11. The number of allylic oxidation sites excluding steroid dienone is 2. The molecule has 28 heavy (non-hydrogen) atoms. The van der Waals surface area contributed by atoms with Crippen LogP contribution in [0.2, 0.25) is 0 Å². The highest BCUT2D eigenvalue weighted by molar-refractivity contribution is 7.22. The number of nitrogens with zero attached hydrogens (tertiary/aromatic N) is 2. The molecule has 2 N–H and O–H groups in total. The number of aromatic nitrogens is 2. The average molecular weight is 386 g/mol. The molecule has 0 unspecified atom stereocenters. The molecular formula is C22H18N4OS. The first-order chi connectivity index (χ1) is 13.7. The number of anilines is 2. The molecule has 5 nitrogen and oxygen atoms in total. The molecule has 2 aromatic carbocycles. The summed E-state index contributed by atoms with van der Waals surface area (Å²) in [5, 5.41) is 11.4. The van der Waals surface area contributed by atoms with Gasteiger partial charge in [0, 0.05) is 23.7 Å². The third-order valence-electron chi connectivity index (χ3n) is 4.14. The topological polar surface area (TPSA) is 70.9 Å². The zero-order chi connectivity index (χ0) is 19.3. The minimum Gasteiger partial charge on any atom is -0.438 e. The van der Waals surface area contributed by atoms with Crippen molar-refractivity contribution in [2.45, 2.75) is 6.92 Å². The molecule has 0 bridgehead atoms. The predicted molar refractivity (Wildman–Crippen MR) is 116 cm³/mol. The number of hydrogen-bond acceptors (Lipinski definition) is 6. The van der Waals surface area contributed by atoms with E-state index >= 15 is 0 Å². The van der Waals surface area contributed by atoms with Gasteiger partial charge in [0.2, 0.25) is 5.88 Å². The number of hydrogen-bond donors (Lipinski definition) is 2. The van der Waals surface area contributed by atoms with E-state index in [4.69, 9.17) is 10.1 Å². The maximum atomic E-state index is 7.25. The highest BCUT2D eigenvalue weighted by Crippen LogP contribution is 2.31. The smallest absolute Gasteiger partial charge is 0.226 e. The van der Waals surface area contributed by atoms with Gasteiger partial charge < -0.3 is 15.5 Å². The zero-order valence-corrected chi connectivity index (χ0v) is 16.0. The van der Waals surface area contributed by atoms with Gasteiger partial charge in [-0.2, -0.15) is 0 Å². The molecule has 0 radical (unpaired) electrons. The highest BCUT2D eigenvalue weighted by atomic mass is 32.1. The molecule has 4 aromatic rings. The fraction of sp³-hybridized carbons (Fsp3) is 0.0455. The molecule has 0 atom stereocenters. The fourth-order valence-corrected chi connectivity index (χ4v) is 3.64. The first-order valence-electron chi connectivity index (χ1n) is 8.76. The Morgan fingerprint density at radius 3 is 2.68 bits per heavy atom. The van der Waals surface area contributed by atoms with Crippen molar-refractivity contribution in [3.05, 3.63) is 78.5 Å². The van der Waals surface area contributed by atoms with Gasteiger partial charge in [-0.15, -0.1) is 0 Å². The maximum absolute atomic E-state index is 7.25. The van der Waals surface area contributed by atoms with Crippen molar-refractivity contribution in [2.24, 2.45) is 0 Å². The lowest BCUT2D eigenvalue weighted by atomic mass is 10.1. The number of rotatable bonds is 6. The Hall–Kier alpha value is -3.51. The number of nitrogens with one attached hydrogen (secondary N) is 2. The summed E-state index contributed by atoms with van der Waals surface area (Å²) in [6.07, 6.45) is 4.67. The minimum absolute atomic E-state index is 0.519. The van der Waals surface area contributed by atoms with Crippen LogP contribution in [0.25, 0.3) is 15.8 Å². The SMILES string of the molecule is CC(=CC=N)c1cccnc1Oc1ccc(Nc2nc3ccccc3s2)cc1. The van der Waals surface area contributed by atoms with Crippen LogP contribution in [0.15, 0.2) is 72.9 Å². The van der Waals surface area contributed by atoms with Gasteiger partial charge in [-0.25, -0.2) is 9.97 Å². The first-order valence-corrected chi connectivity index (χ1v) is 9.58. The minimum atomic E-state index is 0.519. The molecule has 0 saturated heterocycles. The van der Waals surface area contributed by atoms with Crippen molar-refractivity contribution in [3.63, 3.8) is 0 Å². The van der Waals surface area contributed by atoms with E-state index in [1.807, 2.05) is 61.5 Å². The highest BCUT2D eigenvalue weighted by Gasteiger charge is 2.08. The first kappa shape index (κ1) is 17.9. The number of fused-ring (bicyclic) bond motifs is 1. The van der Waals surface area contributed by atoms with Crippen LogP contribution in [0.4, 0.5) is 10.8 Å². The molecule has 4 rings (SSSR count). The Morgan fingerprint density at radius 1 is 1.07 bits per heavy atom. The van der Waals surface area contributed by atoms with E-state index in [0.717, 1.165) is 32.2 Å². The van der Waals surface area contributed by atoms with Gasteiger partial charge >= 0.3 is 0 Å². The summed E-state index contributed by atoms with van der Waals surface area (Å²) >= 11 is 1.62. The van der Waals surface area contributed by atoms with E-state index in [2.05, 4.69) is 21.4 Å². The molecule has 0 saturated carbocycles. The van der Waals surface area contributed by atoms with Gasteiger partial charge in [-0.3, -0.25) is 0 Å². The molecule has 6 heteroatoms. The van der Waals surface area contributed by atoms with Gasteiger partial charge in [0.05, 0.1) is 10.2 Å². The van der Waals surface area contributed by atoms with Crippen molar-refractivity contribution in [3.8, 4) is 11.6 Å². The molecule has 138 valence electrons. The lowest BCUT2D eigenvalue weighted by molar-refractivity contribution is 0.461. The van der Waals surface area contributed by atoms with Crippen LogP contribution in [0.5, 0.6) is 11.6 Å². The van der Waals surface area contributed by atoms with Crippen molar-refractivity contribution < 1.29 is 4.74 Å². The van der Waals surface area contributed by atoms with Crippen molar-refractivity contribution in [1.29, 1.82) is 5.41 Å². The van der Waals surface area contributed by atoms with E-state index in [1.54, 1.807) is 23.6 Å². The third kappa shape index (κ3) is 3.92. The molecule has 0 aliphatic carbocycles. The summed E-state index contributed by atoms with van der Waals surface area (Å²) < 4.78 is 7.12. The molecule has 2 aromatic heterocycles. The van der Waals surface area contributed by atoms with E-state index in [1.165, 1.54) is 6.21 Å². The Morgan fingerprint density at radius 2 is 1.89 bits per heavy atom. The second kappa shape index (κ2) is 8.02. The monoisotopic (exact) mass is 386 g/mol. The average Bonchev–Trinajstić information content (AvgIpc) is 3.12. The van der Waals surface area contributed by atoms with Gasteiger partial charge in [0.15, 0.2) is 5.13 Å². The van der Waals surface area contributed by atoms with Crippen LogP contribution >= 0.6 is 11.3 Å². The number of thiazole rings is 1. The number of ether oxygens (including phenoxy) is 1. The van der Waals surface area contributed by atoms with E-state index < -0.39 is 0 Å². The van der Waals surface area contributed by atoms with Crippen LogP contribution in [-0.4, -0.2) is 16.2 Å². The lowest BCUT2D eigenvalue weighted by Gasteiger charge is -2.10. The summed E-state index contributed by atoms with van der Waals surface area (Å²) in [6.45, 7) is 1.93. The normalized spacial score (nSPS) is 11.4. The maximum Gasteiger partial charge on any atom is 0.226 e. The van der Waals surface area contributed by atoms with Gasteiger partial charge in [0.25, 0.3) is 0 Å². The number of pyridine rings is 1. The summed E-state index contributed by atoms with van der Waals surface area (Å²) in [7, 11) is 0. The Labute approximate surface area is 166 Å². The number of para-hydroxylation sites is 1.